The number of fused-ring (bicyclic) bond motifs is 2. The fraction of sp³-hybridized carbons (Fsp3) is 0.474. The van der Waals surface area contributed by atoms with Crippen LogP contribution in [0.2, 0.25) is 0 Å². The van der Waals surface area contributed by atoms with Crippen LogP contribution in [0, 0.1) is 12.8 Å². The molecule has 4 heteroatoms. The summed E-state index contributed by atoms with van der Waals surface area (Å²) in [5.41, 5.74) is 2.64. The first kappa shape index (κ1) is 14.6. The van der Waals surface area contributed by atoms with E-state index in [1.54, 1.807) is 0 Å². The highest BCUT2D eigenvalue weighted by Gasteiger charge is 2.38. The highest BCUT2D eigenvalue weighted by Crippen LogP contribution is 2.34. The average molecular weight is 310 g/mol. The van der Waals surface area contributed by atoms with Gasteiger partial charge in [-0.25, -0.2) is 0 Å². The third kappa shape index (κ3) is 2.83. The molecule has 1 saturated carbocycles. The number of benzene rings is 1. The van der Waals surface area contributed by atoms with Gasteiger partial charge >= 0.3 is 0 Å². The number of aromatic nitrogens is 1. The Morgan fingerprint density at radius 3 is 3.04 bits per heavy atom. The van der Waals surface area contributed by atoms with Crippen LogP contribution in [0.4, 0.5) is 0 Å². The molecule has 1 aliphatic heterocycles. The van der Waals surface area contributed by atoms with Crippen molar-refractivity contribution < 1.29 is 9.53 Å². The molecule has 2 aliphatic rings. The highest BCUT2D eigenvalue weighted by molar-refractivity contribution is 5.98. The molecule has 1 amide bonds. The van der Waals surface area contributed by atoms with Gasteiger partial charge in [0.05, 0.1) is 11.6 Å². The van der Waals surface area contributed by atoms with Gasteiger partial charge in [0.15, 0.2) is 0 Å². The van der Waals surface area contributed by atoms with Crippen molar-refractivity contribution in [1.82, 2.24) is 10.3 Å². The predicted octanol–water partition coefficient (Wildman–Crippen LogP) is 3.23. The normalized spacial score (nSPS) is 26.9. The van der Waals surface area contributed by atoms with Crippen LogP contribution in [0.1, 0.15) is 41.7 Å². The highest BCUT2D eigenvalue weighted by atomic mass is 16.5. The van der Waals surface area contributed by atoms with E-state index in [1.165, 1.54) is 0 Å². The summed E-state index contributed by atoms with van der Waals surface area (Å²) in [5, 5.41) is 4.25. The Morgan fingerprint density at radius 1 is 1.22 bits per heavy atom. The molecule has 23 heavy (non-hydrogen) atoms. The predicted molar refractivity (Wildman–Crippen MR) is 89.4 cm³/mol. The number of carbonyl (C=O) groups excluding carboxylic acids is 1. The summed E-state index contributed by atoms with van der Waals surface area (Å²) in [4.78, 5) is 17.1. The summed E-state index contributed by atoms with van der Waals surface area (Å²) in [6, 6.07) is 9.98. The van der Waals surface area contributed by atoms with Crippen LogP contribution in [0.25, 0.3) is 10.9 Å². The van der Waals surface area contributed by atoms with Gasteiger partial charge in [-0.1, -0.05) is 6.07 Å². The Hall–Kier alpha value is -1.94. The Morgan fingerprint density at radius 2 is 2.13 bits per heavy atom. The molecule has 1 aromatic carbocycles. The van der Waals surface area contributed by atoms with Crippen molar-refractivity contribution in [2.24, 2.45) is 5.92 Å². The number of rotatable bonds is 2. The third-order valence-electron chi connectivity index (χ3n) is 5.19. The molecule has 0 bridgehead atoms. The molecule has 1 saturated heterocycles. The van der Waals surface area contributed by atoms with Gasteiger partial charge in [-0.15, -0.1) is 0 Å². The molecule has 1 aromatic heterocycles. The van der Waals surface area contributed by atoms with E-state index < -0.39 is 0 Å². The van der Waals surface area contributed by atoms with Gasteiger partial charge in [-0.05, 0) is 56.9 Å². The van der Waals surface area contributed by atoms with E-state index in [0.29, 0.717) is 17.6 Å². The minimum Gasteiger partial charge on any atom is -0.378 e. The van der Waals surface area contributed by atoms with Crippen molar-refractivity contribution in [3.05, 3.63) is 41.6 Å². The van der Waals surface area contributed by atoms with E-state index in [1.807, 2.05) is 37.3 Å². The molecular formula is C19H22N2O2. The number of amides is 1. The Kier molecular flexibility index (Phi) is 3.77. The second kappa shape index (κ2) is 5.93. The van der Waals surface area contributed by atoms with Gasteiger partial charge in [0.2, 0.25) is 0 Å². The summed E-state index contributed by atoms with van der Waals surface area (Å²) in [6.07, 6.45) is 4.74. The monoisotopic (exact) mass is 310 g/mol. The largest absolute Gasteiger partial charge is 0.378 e. The van der Waals surface area contributed by atoms with Crippen molar-refractivity contribution in [3.8, 4) is 0 Å². The number of pyridine rings is 1. The first-order valence-corrected chi connectivity index (χ1v) is 8.50. The van der Waals surface area contributed by atoms with Gasteiger partial charge in [0.25, 0.3) is 5.91 Å². The van der Waals surface area contributed by atoms with Crippen LogP contribution in [0.5, 0.6) is 0 Å². The molecule has 3 atom stereocenters. The Labute approximate surface area is 136 Å². The van der Waals surface area contributed by atoms with Crippen molar-refractivity contribution in [2.45, 2.75) is 44.8 Å². The standard InChI is InChI=1S/C19H22N2O2/c1-12-5-6-13-11-14(7-8-16(13)20-12)19(22)21-17-3-2-4-18-15(17)9-10-23-18/h5-8,11,15,17-18H,2-4,9-10H2,1H3,(H,21,22)/t15-,17-,18-/m1/s1. The summed E-state index contributed by atoms with van der Waals surface area (Å²) < 4.78 is 5.78. The molecule has 4 nitrogen and oxygen atoms in total. The van der Waals surface area contributed by atoms with Gasteiger partial charge in [-0.3, -0.25) is 9.78 Å². The molecule has 0 spiro atoms. The number of hydrogen-bond donors (Lipinski definition) is 1. The SMILES string of the molecule is Cc1ccc2cc(C(=O)N[C@@H]3CCC[C@H]4OCC[C@H]34)ccc2n1. The third-order valence-corrected chi connectivity index (χ3v) is 5.19. The van der Waals surface area contributed by atoms with Crippen LogP contribution in [-0.2, 0) is 4.74 Å². The Bertz CT molecular complexity index is 743. The van der Waals surface area contributed by atoms with Crippen LogP contribution in [0.15, 0.2) is 30.3 Å². The molecule has 120 valence electrons. The maximum atomic E-state index is 12.6. The van der Waals surface area contributed by atoms with E-state index in [9.17, 15) is 4.79 Å². The topological polar surface area (TPSA) is 51.2 Å². The molecule has 4 rings (SSSR count). The summed E-state index contributed by atoms with van der Waals surface area (Å²) in [7, 11) is 0. The van der Waals surface area contributed by atoms with Gasteiger partial charge in [0, 0.05) is 35.2 Å². The maximum absolute atomic E-state index is 12.6. The molecule has 2 heterocycles. The number of hydrogen-bond acceptors (Lipinski definition) is 3. The molecular weight excluding hydrogens is 288 g/mol. The quantitative estimate of drug-likeness (QED) is 0.926. The van der Waals surface area contributed by atoms with Crippen LogP contribution in [-0.4, -0.2) is 29.6 Å². The van der Waals surface area contributed by atoms with Crippen molar-refractivity contribution in [1.29, 1.82) is 0 Å². The zero-order valence-corrected chi connectivity index (χ0v) is 13.4. The first-order valence-electron chi connectivity index (χ1n) is 8.50. The number of aryl methyl sites for hydroxylation is 1. The lowest BCUT2D eigenvalue weighted by Gasteiger charge is -2.33. The van der Waals surface area contributed by atoms with E-state index in [0.717, 1.165) is 48.9 Å². The van der Waals surface area contributed by atoms with Crippen LogP contribution < -0.4 is 5.32 Å². The smallest absolute Gasteiger partial charge is 0.251 e. The van der Waals surface area contributed by atoms with E-state index in [4.69, 9.17) is 4.74 Å². The molecule has 1 N–H and O–H groups in total. The molecule has 2 aromatic rings. The first-order chi connectivity index (χ1) is 11.2. The summed E-state index contributed by atoms with van der Waals surface area (Å²) in [6.45, 7) is 2.81. The van der Waals surface area contributed by atoms with Crippen molar-refractivity contribution >= 4 is 16.8 Å². The maximum Gasteiger partial charge on any atom is 0.251 e. The van der Waals surface area contributed by atoms with E-state index >= 15 is 0 Å². The second-order valence-corrected chi connectivity index (χ2v) is 6.73. The molecule has 1 aliphatic carbocycles. The number of carbonyl (C=O) groups is 1. The van der Waals surface area contributed by atoms with Gasteiger partial charge in [-0.2, -0.15) is 0 Å². The lowest BCUT2D eigenvalue weighted by atomic mass is 9.81. The minimum absolute atomic E-state index is 0.0185. The zero-order chi connectivity index (χ0) is 15.8. The fourth-order valence-corrected chi connectivity index (χ4v) is 3.98. The number of nitrogens with zero attached hydrogens (tertiary/aromatic N) is 1. The minimum atomic E-state index is 0.0185. The second-order valence-electron chi connectivity index (χ2n) is 6.73. The summed E-state index contributed by atoms with van der Waals surface area (Å²) in [5.74, 6) is 0.502. The van der Waals surface area contributed by atoms with Crippen molar-refractivity contribution in [3.63, 3.8) is 0 Å². The zero-order valence-electron chi connectivity index (χ0n) is 13.4. The lowest BCUT2D eigenvalue weighted by Crippen LogP contribution is -2.45. The molecule has 2 fully saturated rings. The van der Waals surface area contributed by atoms with Gasteiger partial charge < -0.3 is 10.1 Å². The number of nitrogens with one attached hydrogen (secondary N) is 1. The van der Waals surface area contributed by atoms with Gasteiger partial charge in [0.1, 0.15) is 0 Å². The van der Waals surface area contributed by atoms with Crippen molar-refractivity contribution in [2.75, 3.05) is 6.61 Å². The van der Waals surface area contributed by atoms with Crippen LogP contribution >= 0.6 is 0 Å². The lowest BCUT2D eigenvalue weighted by molar-refractivity contribution is 0.0510. The Balaban J connectivity index is 1.53. The summed E-state index contributed by atoms with van der Waals surface area (Å²) >= 11 is 0. The number of ether oxygens (including phenoxy) is 1. The fourth-order valence-electron chi connectivity index (χ4n) is 3.98. The molecule has 0 radical (unpaired) electrons. The van der Waals surface area contributed by atoms with E-state index in [2.05, 4.69) is 10.3 Å². The molecule has 0 unspecified atom stereocenters. The van der Waals surface area contributed by atoms with E-state index in [-0.39, 0.29) is 11.9 Å². The van der Waals surface area contributed by atoms with Crippen LogP contribution in [0.3, 0.4) is 0 Å². The average Bonchev–Trinajstić information content (AvgIpc) is 3.04.